The molecule has 0 amide bonds. The van der Waals surface area contributed by atoms with Crippen molar-refractivity contribution in [3.8, 4) is 5.75 Å². The number of anilines is 1. The first-order chi connectivity index (χ1) is 9.04. The molecule has 2 aromatic rings. The summed E-state index contributed by atoms with van der Waals surface area (Å²) in [5, 5.41) is 11.2. The van der Waals surface area contributed by atoms with Crippen LogP contribution in [0.1, 0.15) is 11.4 Å². The Hall–Kier alpha value is -2.50. The van der Waals surface area contributed by atoms with E-state index in [4.69, 9.17) is 4.74 Å². The fourth-order valence-electron chi connectivity index (χ4n) is 1.93. The summed E-state index contributed by atoms with van der Waals surface area (Å²) in [6.07, 6.45) is 0. The SMILES string of the molecule is COc1cccc(Nn2c(C)ccc2C)c1[N+](=O)[O-]. The standard InChI is InChI=1S/C13H15N3O3/c1-9-7-8-10(2)15(9)14-11-5-4-6-12(19-3)13(11)16(17)18/h4-8,14H,1-3H3. The highest BCUT2D eigenvalue weighted by Gasteiger charge is 2.21. The third kappa shape index (κ3) is 2.37. The van der Waals surface area contributed by atoms with E-state index in [2.05, 4.69) is 5.43 Å². The number of para-hydroxylation sites is 1. The van der Waals surface area contributed by atoms with E-state index < -0.39 is 4.92 Å². The van der Waals surface area contributed by atoms with Crippen molar-refractivity contribution in [3.05, 3.63) is 51.8 Å². The van der Waals surface area contributed by atoms with Gasteiger partial charge < -0.3 is 4.74 Å². The van der Waals surface area contributed by atoms with Gasteiger partial charge in [0.15, 0.2) is 5.75 Å². The van der Waals surface area contributed by atoms with Gasteiger partial charge in [-0.1, -0.05) is 6.07 Å². The third-order valence-corrected chi connectivity index (χ3v) is 2.90. The lowest BCUT2D eigenvalue weighted by Gasteiger charge is -2.13. The fraction of sp³-hybridized carbons (Fsp3) is 0.231. The second kappa shape index (κ2) is 5.01. The van der Waals surface area contributed by atoms with Crippen LogP contribution in [-0.4, -0.2) is 16.7 Å². The summed E-state index contributed by atoms with van der Waals surface area (Å²) in [5.41, 5.74) is 5.30. The molecule has 0 saturated carbocycles. The average molecular weight is 261 g/mol. The molecular weight excluding hydrogens is 246 g/mol. The lowest BCUT2D eigenvalue weighted by molar-refractivity contribution is -0.384. The monoisotopic (exact) mass is 261 g/mol. The van der Waals surface area contributed by atoms with Gasteiger partial charge in [-0.05, 0) is 38.1 Å². The Morgan fingerprint density at radius 2 is 1.84 bits per heavy atom. The highest BCUT2D eigenvalue weighted by Crippen LogP contribution is 2.34. The maximum absolute atomic E-state index is 11.2. The first kappa shape index (κ1) is 12.9. The van der Waals surface area contributed by atoms with Crippen molar-refractivity contribution in [2.24, 2.45) is 0 Å². The number of benzene rings is 1. The van der Waals surface area contributed by atoms with Gasteiger partial charge in [0.2, 0.25) is 0 Å². The van der Waals surface area contributed by atoms with E-state index in [9.17, 15) is 10.1 Å². The predicted octanol–water partition coefficient (Wildman–Crippen LogP) is 2.90. The molecule has 6 nitrogen and oxygen atoms in total. The van der Waals surface area contributed by atoms with Crippen LogP contribution in [0.25, 0.3) is 0 Å². The van der Waals surface area contributed by atoms with Crippen LogP contribution in [0.5, 0.6) is 5.75 Å². The van der Waals surface area contributed by atoms with Gasteiger partial charge in [-0.3, -0.25) is 20.2 Å². The molecule has 1 aromatic heterocycles. The zero-order chi connectivity index (χ0) is 14.0. The number of aryl methyl sites for hydroxylation is 2. The highest BCUT2D eigenvalue weighted by atomic mass is 16.6. The number of nitrogens with zero attached hydrogens (tertiary/aromatic N) is 2. The maximum atomic E-state index is 11.2. The van der Waals surface area contributed by atoms with E-state index in [-0.39, 0.29) is 11.4 Å². The van der Waals surface area contributed by atoms with Crippen LogP contribution in [0, 0.1) is 24.0 Å². The number of aromatic nitrogens is 1. The summed E-state index contributed by atoms with van der Waals surface area (Å²) in [4.78, 5) is 10.7. The molecule has 19 heavy (non-hydrogen) atoms. The molecule has 0 aliphatic heterocycles. The summed E-state index contributed by atoms with van der Waals surface area (Å²) < 4.78 is 6.83. The summed E-state index contributed by atoms with van der Waals surface area (Å²) >= 11 is 0. The molecule has 1 aromatic carbocycles. The molecule has 0 atom stereocenters. The molecule has 0 saturated heterocycles. The summed E-state index contributed by atoms with van der Waals surface area (Å²) in [5.74, 6) is 0.234. The second-order valence-electron chi connectivity index (χ2n) is 4.18. The first-order valence-corrected chi connectivity index (χ1v) is 5.78. The molecule has 0 unspecified atom stereocenters. The lowest BCUT2D eigenvalue weighted by atomic mass is 10.2. The molecular formula is C13H15N3O3. The Balaban J connectivity index is 2.49. The smallest absolute Gasteiger partial charge is 0.335 e. The van der Waals surface area contributed by atoms with Gasteiger partial charge in [0.05, 0.1) is 12.0 Å². The van der Waals surface area contributed by atoms with Crippen molar-refractivity contribution in [2.45, 2.75) is 13.8 Å². The summed E-state index contributed by atoms with van der Waals surface area (Å²) in [7, 11) is 1.41. The third-order valence-electron chi connectivity index (χ3n) is 2.90. The largest absolute Gasteiger partial charge is 0.490 e. The lowest BCUT2D eigenvalue weighted by Crippen LogP contribution is -2.13. The predicted molar refractivity (Wildman–Crippen MR) is 72.6 cm³/mol. The number of nitro groups is 1. The Bertz CT molecular complexity index is 600. The van der Waals surface area contributed by atoms with Crippen molar-refractivity contribution in [1.29, 1.82) is 0 Å². The first-order valence-electron chi connectivity index (χ1n) is 5.78. The molecule has 0 spiro atoms. The van der Waals surface area contributed by atoms with Crippen LogP contribution < -0.4 is 10.2 Å². The van der Waals surface area contributed by atoms with Gasteiger partial charge in [-0.2, -0.15) is 0 Å². The van der Waals surface area contributed by atoms with Crippen LogP contribution >= 0.6 is 0 Å². The molecule has 0 aliphatic rings. The molecule has 0 radical (unpaired) electrons. The number of hydrogen-bond acceptors (Lipinski definition) is 4. The van der Waals surface area contributed by atoms with Crippen LogP contribution in [0.4, 0.5) is 11.4 Å². The average Bonchev–Trinajstić information content (AvgIpc) is 2.70. The van der Waals surface area contributed by atoms with Gasteiger partial charge >= 0.3 is 5.69 Å². The van der Waals surface area contributed by atoms with Crippen LogP contribution in [0.15, 0.2) is 30.3 Å². The van der Waals surface area contributed by atoms with Gasteiger partial charge in [0.1, 0.15) is 5.69 Å². The highest BCUT2D eigenvalue weighted by molar-refractivity contribution is 5.68. The molecule has 6 heteroatoms. The van der Waals surface area contributed by atoms with E-state index >= 15 is 0 Å². The van der Waals surface area contributed by atoms with E-state index in [1.807, 2.05) is 26.0 Å². The van der Waals surface area contributed by atoms with Gasteiger partial charge in [0.25, 0.3) is 0 Å². The second-order valence-corrected chi connectivity index (χ2v) is 4.18. The molecule has 0 aliphatic carbocycles. The number of nitro benzene ring substituents is 1. The summed E-state index contributed by atoms with van der Waals surface area (Å²) in [6, 6.07) is 8.81. The zero-order valence-electron chi connectivity index (χ0n) is 11.0. The molecule has 2 rings (SSSR count). The zero-order valence-corrected chi connectivity index (χ0v) is 11.0. The summed E-state index contributed by atoms with van der Waals surface area (Å²) in [6.45, 7) is 3.85. The van der Waals surface area contributed by atoms with E-state index in [0.29, 0.717) is 5.69 Å². The topological polar surface area (TPSA) is 69.3 Å². The van der Waals surface area contributed by atoms with E-state index in [1.54, 1.807) is 22.9 Å². The Kier molecular flexibility index (Phi) is 3.41. The normalized spacial score (nSPS) is 10.3. The molecule has 1 heterocycles. The maximum Gasteiger partial charge on any atom is 0.335 e. The van der Waals surface area contributed by atoms with Crippen molar-refractivity contribution < 1.29 is 9.66 Å². The fourth-order valence-corrected chi connectivity index (χ4v) is 1.93. The molecule has 1 N–H and O–H groups in total. The van der Waals surface area contributed by atoms with Crippen LogP contribution in [-0.2, 0) is 0 Å². The van der Waals surface area contributed by atoms with Crippen molar-refractivity contribution in [2.75, 3.05) is 12.5 Å². The van der Waals surface area contributed by atoms with Gasteiger partial charge in [-0.25, -0.2) is 0 Å². The molecule has 0 bridgehead atoms. The Morgan fingerprint density at radius 3 is 2.37 bits per heavy atom. The van der Waals surface area contributed by atoms with Crippen molar-refractivity contribution in [1.82, 2.24) is 4.68 Å². The van der Waals surface area contributed by atoms with E-state index in [0.717, 1.165) is 11.4 Å². The van der Waals surface area contributed by atoms with Crippen molar-refractivity contribution >= 4 is 11.4 Å². The number of nitrogens with one attached hydrogen (secondary N) is 1. The van der Waals surface area contributed by atoms with Gasteiger partial charge in [-0.15, -0.1) is 0 Å². The Morgan fingerprint density at radius 1 is 1.21 bits per heavy atom. The van der Waals surface area contributed by atoms with Crippen LogP contribution in [0.3, 0.4) is 0 Å². The minimum absolute atomic E-state index is 0.0718. The van der Waals surface area contributed by atoms with E-state index in [1.165, 1.54) is 7.11 Å². The Labute approximate surface area is 110 Å². The minimum Gasteiger partial charge on any atom is -0.490 e. The number of ether oxygens (including phenoxy) is 1. The van der Waals surface area contributed by atoms with Crippen LogP contribution in [0.2, 0.25) is 0 Å². The number of rotatable bonds is 4. The number of methoxy groups -OCH3 is 1. The minimum atomic E-state index is -0.449. The number of hydrogen-bond donors (Lipinski definition) is 1. The van der Waals surface area contributed by atoms with Gasteiger partial charge in [0, 0.05) is 11.4 Å². The molecule has 0 fully saturated rings. The van der Waals surface area contributed by atoms with Crippen molar-refractivity contribution in [3.63, 3.8) is 0 Å². The quantitative estimate of drug-likeness (QED) is 0.678. The molecule has 100 valence electrons.